The molecule has 45 heavy (non-hydrogen) atoms. The highest BCUT2D eigenvalue weighted by Gasteiger charge is 2.54. The van der Waals surface area contributed by atoms with E-state index in [-0.39, 0.29) is 17.0 Å². The molecule has 5 heterocycles. The normalized spacial score (nSPS) is 22.1. The number of carbonyl (C=O) groups is 2. The second-order valence-electron chi connectivity index (χ2n) is 12.3. The Bertz CT molecular complexity index is 1650. The summed E-state index contributed by atoms with van der Waals surface area (Å²) in [7, 11) is 1.52. The molecule has 9 nitrogen and oxygen atoms in total. The first-order valence-electron chi connectivity index (χ1n) is 14.7. The predicted molar refractivity (Wildman–Crippen MR) is 164 cm³/mol. The zero-order valence-corrected chi connectivity index (χ0v) is 26.4. The Hall–Kier alpha value is -3.81. The van der Waals surface area contributed by atoms with Crippen molar-refractivity contribution in [1.82, 2.24) is 19.7 Å². The fraction of sp³-hybridized carbons (Fsp3) is 0.406. The summed E-state index contributed by atoms with van der Waals surface area (Å²) in [6.07, 6.45) is 3.41. The molecular formula is C32H35F3N5O4S+. The standard InChI is InChI=1S/C32H35F3N5O4S/c1-31(2,3)44-30(42)28-24(29(41)37-15-17-45-20-37)19-40(16-5-6-26(28)40)38-13-11-21(12-14-38)25-18-27(32(33,34)35)36-39(25)22-7-9-23(43-4)10-8-22/h5-11,16,18H,12-15,17,19-20H2,1-4H3/q+1/t40-/m1/s1. The minimum atomic E-state index is -4.61. The van der Waals surface area contributed by atoms with Crippen molar-refractivity contribution >= 4 is 29.2 Å². The van der Waals surface area contributed by atoms with Crippen LogP contribution < -0.4 is 4.74 Å². The van der Waals surface area contributed by atoms with E-state index in [1.54, 1.807) is 61.7 Å². The van der Waals surface area contributed by atoms with Gasteiger partial charge in [-0.1, -0.05) is 6.08 Å². The average Bonchev–Trinajstić information content (AvgIpc) is 3.79. The van der Waals surface area contributed by atoms with Crippen molar-refractivity contribution in [3.8, 4) is 11.4 Å². The number of esters is 1. The molecule has 1 atom stereocenters. The summed E-state index contributed by atoms with van der Waals surface area (Å²) < 4.78 is 53.9. The molecule has 0 saturated carbocycles. The topological polar surface area (TPSA) is 76.9 Å². The molecule has 6 rings (SSSR count). The summed E-state index contributed by atoms with van der Waals surface area (Å²) in [4.78, 5) is 29.1. The number of halogens is 3. The molecule has 1 amide bonds. The van der Waals surface area contributed by atoms with E-state index < -0.39 is 23.4 Å². The van der Waals surface area contributed by atoms with Gasteiger partial charge in [0.05, 0.1) is 43.0 Å². The molecule has 1 aromatic heterocycles. The van der Waals surface area contributed by atoms with E-state index in [0.29, 0.717) is 65.9 Å². The zero-order valence-electron chi connectivity index (χ0n) is 25.6. The van der Waals surface area contributed by atoms with Gasteiger partial charge in [0.2, 0.25) is 0 Å². The first-order chi connectivity index (χ1) is 21.3. The zero-order chi connectivity index (χ0) is 32.1. The lowest BCUT2D eigenvalue weighted by atomic mass is 10.0. The molecule has 0 aliphatic carbocycles. The van der Waals surface area contributed by atoms with Crippen molar-refractivity contribution in [3.63, 3.8) is 0 Å². The highest BCUT2D eigenvalue weighted by Crippen LogP contribution is 2.45. The molecule has 0 bridgehead atoms. The van der Waals surface area contributed by atoms with Gasteiger partial charge in [-0.2, -0.15) is 22.9 Å². The summed E-state index contributed by atoms with van der Waals surface area (Å²) in [5.74, 6) is 1.28. The van der Waals surface area contributed by atoms with Crippen molar-refractivity contribution in [2.45, 2.75) is 39.0 Å². The molecule has 4 aliphatic rings. The number of hydrogen-bond donors (Lipinski definition) is 0. The number of methoxy groups -OCH3 is 1. The number of rotatable bonds is 6. The fourth-order valence-electron chi connectivity index (χ4n) is 6.10. The van der Waals surface area contributed by atoms with Gasteiger partial charge in [-0.15, -0.1) is 16.8 Å². The Morgan fingerprint density at radius 3 is 2.44 bits per heavy atom. The Morgan fingerprint density at radius 2 is 1.84 bits per heavy atom. The quantitative estimate of drug-likeness (QED) is 0.312. The number of allylic oxidation sites excluding steroid dienone is 2. The van der Waals surface area contributed by atoms with Gasteiger partial charge in [-0.3, -0.25) is 4.79 Å². The number of ether oxygens (including phenoxy) is 2. The Labute approximate surface area is 263 Å². The lowest BCUT2D eigenvalue weighted by molar-refractivity contribution is -0.947. The number of carbonyl (C=O) groups excluding carboxylic acids is 2. The number of quaternary nitrogens is 1. The van der Waals surface area contributed by atoms with E-state index in [0.717, 1.165) is 17.4 Å². The summed E-state index contributed by atoms with van der Waals surface area (Å²) in [5, 5.41) is 6.05. The molecule has 0 radical (unpaired) electrons. The molecule has 2 aromatic rings. The molecule has 238 valence electrons. The van der Waals surface area contributed by atoms with Crippen LogP contribution in [-0.2, 0) is 20.5 Å². The molecule has 1 aromatic carbocycles. The van der Waals surface area contributed by atoms with Crippen molar-refractivity contribution < 1.29 is 36.8 Å². The maximum absolute atomic E-state index is 13.8. The second-order valence-corrected chi connectivity index (χ2v) is 13.3. The largest absolute Gasteiger partial charge is 0.497 e. The number of amides is 1. The minimum Gasteiger partial charge on any atom is -0.497 e. The van der Waals surface area contributed by atoms with Crippen LogP contribution >= 0.6 is 11.8 Å². The van der Waals surface area contributed by atoms with Crippen LogP contribution in [0.25, 0.3) is 11.3 Å². The van der Waals surface area contributed by atoms with Crippen LogP contribution in [0.2, 0.25) is 0 Å². The van der Waals surface area contributed by atoms with Crippen LogP contribution in [0.3, 0.4) is 0 Å². The predicted octanol–water partition coefficient (Wildman–Crippen LogP) is 5.32. The third-order valence-electron chi connectivity index (χ3n) is 8.20. The van der Waals surface area contributed by atoms with Crippen LogP contribution in [0, 0.1) is 0 Å². The number of fused-ring (bicyclic) bond motifs is 1. The smallest absolute Gasteiger partial charge is 0.435 e. The summed E-state index contributed by atoms with van der Waals surface area (Å²) in [6, 6.07) is 7.78. The molecule has 0 N–H and O–H groups in total. The molecule has 0 unspecified atom stereocenters. The maximum Gasteiger partial charge on any atom is 0.435 e. The molecule has 1 saturated heterocycles. The van der Waals surface area contributed by atoms with Crippen LogP contribution in [-0.4, -0.2) is 86.7 Å². The third kappa shape index (κ3) is 5.84. The van der Waals surface area contributed by atoms with Gasteiger partial charge in [0, 0.05) is 18.4 Å². The number of nitrogens with zero attached hydrogens (tertiary/aromatic N) is 5. The Balaban J connectivity index is 1.32. The molecule has 0 spiro atoms. The number of hydrogen-bond acceptors (Lipinski definition) is 7. The summed E-state index contributed by atoms with van der Waals surface area (Å²) >= 11 is 1.67. The van der Waals surface area contributed by atoms with E-state index in [4.69, 9.17) is 9.47 Å². The lowest BCUT2D eigenvalue weighted by Gasteiger charge is -2.41. The van der Waals surface area contributed by atoms with E-state index in [1.807, 2.05) is 24.4 Å². The van der Waals surface area contributed by atoms with Crippen molar-refractivity contribution in [3.05, 3.63) is 83.0 Å². The second kappa shape index (κ2) is 11.5. The molecule has 1 fully saturated rings. The van der Waals surface area contributed by atoms with E-state index in [2.05, 4.69) is 10.1 Å². The van der Waals surface area contributed by atoms with Gasteiger partial charge in [-0.05, 0) is 69.2 Å². The van der Waals surface area contributed by atoms with Gasteiger partial charge in [0.25, 0.3) is 5.91 Å². The number of benzene rings is 1. The SMILES string of the molecule is COc1ccc(-n2nc(C(F)(F)F)cc2C2=CCN([N@@+]34C=CC=C3C(C(=O)OC(C)(C)C)=C(C(=O)N3CCSC3)C4)CC2)cc1. The van der Waals surface area contributed by atoms with E-state index in [1.165, 1.54) is 11.8 Å². The van der Waals surface area contributed by atoms with Gasteiger partial charge >= 0.3 is 12.1 Å². The fourth-order valence-corrected chi connectivity index (χ4v) is 7.05. The van der Waals surface area contributed by atoms with Gasteiger partial charge in [-0.25, -0.2) is 9.48 Å². The minimum absolute atomic E-state index is 0.145. The third-order valence-corrected chi connectivity index (χ3v) is 9.17. The summed E-state index contributed by atoms with van der Waals surface area (Å²) in [6.45, 7) is 7.07. The van der Waals surface area contributed by atoms with Gasteiger partial charge in [0.1, 0.15) is 29.7 Å². The first kappa shape index (κ1) is 31.2. The summed E-state index contributed by atoms with van der Waals surface area (Å²) in [5.41, 5.74) is 1.21. The highest BCUT2D eigenvalue weighted by molar-refractivity contribution is 7.99. The van der Waals surface area contributed by atoms with Crippen LogP contribution in [0.1, 0.15) is 38.6 Å². The maximum atomic E-state index is 13.8. The van der Waals surface area contributed by atoms with Gasteiger partial charge < -0.3 is 14.4 Å². The van der Waals surface area contributed by atoms with Crippen molar-refractivity contribution in [2.24, 2.45) is 0 Å². The van der Waals surface area contributed by atoms with Gasteiger partial charge in [0.15, 0.2) is 11.4 Å². The average molecular weight is 643 g/mol. The molecule has 4 aliphatic heterocycles. The van der Waals surface area contributed by atoms with Crippen molar-refractivity contribution in [2.75, 3.05) is 44.9 Å². The first-order valence-corrected chi connectivity index (χ1v) is 15.8. The number of alkyl halides is 3. The van der Waals surface area contributed by atoms with Crippen LogP contribution in [0.5, 0.6) is 5.75 Å². The Kier molecular flexibility index (Phi) is 7.99. The Morgan fingerprint density at radius 1 is 1.09 bits per heavy atom. The van der Waals surface area contributed by atoms with Crippen LogP contribution in [0.15, 0.2) is 71.6 Å². The van der Waals surface area contributed by atoms with E-state index >= 15 is 0 Å². The molecular weight excluding hydrogens is 607 g/mol. The van der Waals surface area contributed by atoms with Crippen molar-refractivity contribution in [1.29, 1.82) is 0 Å². The number of thioether (sulfide) groups is 1. The monoisotopic (exact) mass is 642 g/mol. The lowest BCUT2D eigenvalue weighted by Crippen LogP contribution is -2.55. The van der Waals surface area contributed by atoms with E-state index in [9.17, 15) is 22.8 Å². The number of aromatic nitrogens is 2. The molecule has 13 heteroatoms. The highest BCUT2D eigenvalue weighted by atomic mass is 32.2. The van der Waals surface area contributed by atoms with Crippen LogP contribution in [0.4, 0.5) is 13.2 Å².